The van der Waals surface area contributed by atoms with E-state index in [0.29, 0.717) is 35.3 Å². The molecule has 0 spiro atoms. The summed E-state index contributed by atoms with van der Waals surface area (Å²) in [5.74, 6) is -0.000138. The van der Waals surface area contributed by atoms with Crippen molar-refractivity contribution < 1.29 is 18.0 Å². The Hall–Kier alpha value is -3.39. The molecule has 2 aromatic heterocycles. The zero-order valence-electron chi connectivity index (χ0n) is 20.7. The number of hydroxylamine groups is 1. The Balaban J connectivity index is 1.46. The molecule has 200 valence electrons. The molecule has 11 heteroatoms. The third kappa shape index (κ3) is 7.18. The number of nitrogens with zero attached hydrogens (tertiary/aromatic N) is 2. The molecule has 1 aliphatic rings. The van der Waals surface area contributed by atoms with Gasteiger partial charge in [0.15, 0.2) is 0 Å². The number of hydrogen-bond acceptors (Lipinski definition) is 7. The molecular weight excluding hydrogens is 629 g/mol. The SMILES string of the molecule is O=C(NOCC1CC1)c1ccc(S(=O)(=O)NC(c2ccccn2)c2ccccn2)cc1Nc1ccc(I)cc1. The van der Waals surface area contributed by atoms with Gasteiger partial charge in [-0.1, -0.05) is 12.1 Å². The van der Waals surface area contributed by atoms with E-state index in [1.54, 1.807) is 48.8 Å². The van der Waals surface area contributed by atoms with E-state index in [0.717, 1.165) is 16.4 Å². The third-order valence-corrected chi connectivity index (χ3v) is 8.23. The number of carbonyl (C=O) groups is 1. The minimum absolute atomic E-state index is 0.0252. The van der Waals surface area contributed by atoms with Crippen molar-refractivity contribution >= 4 is 49.9 Å². The van der Waals surface area contributed by atoms with Crippen LogP contribution in [0, 0.1) is 9.49 Å². The molecule has 0 aliphatic heterocycles. The molecule has 39 heavy (non-hydrogen) atoms. The third-order valence-electron chi connectivity index (χ3n) is 6.09. The molecule has 0 bridgehead atoms. The monoisotopic (exact) mass is 655 g/mol. The number of benzene rings is 2. The summed E-state index contributed by atoms with van der Waals surface area (Å²) in [5.41, 5.74) is 4.74. The topological polar surface area (TPSA) is 122 Å². The number of halogens is 1. The number of hydrogen-bond donors (Lipinski definition) is 3. The van der Waals surface area contributed by atoms with Crippen molar-refractivity contribution in [3.8, 4) is 0 Å². The van der Waals surface area contributed by atoms with E-state index in [1.807, 2.05) is 24.3 Å². The van der Waals surface area contributed by atoms with Crippen LogP contribution in [-0.4, -0.2) is 30.9 Å². The Labute approximate surface area is 240 Å². The lowest BCUT2D eigenvalue weighted by Gasteiger charge is -2.19. The van der Waals surface area contributed by atoms with Crippen molar-refractivity contribution in [1.82, 2.24) is 20.2 Å². The highest BCUT2D eigenvalue weighted by molar-refractivity contribution is 14.1. The van der Waals surface area contributed by atoms with Gasteiger partial charge in [0.25, 0.3) is 5.91 Å². The lowest BCUT2D eigenvalue weighted by molar-refractivity contribution is 0.0271. The number of sulfonamides is 1. The zero-order valence-corrected chi connectivity index (χ0v) is 23.7. The summed E-state index contributed by atoms with van der Waals surface area (Å²) in [6.07, 6.45) is 5.38. The fourth-order valence-electron chi connectivity index (χ4n) is 3.83. The van der Waals surface area contributed by atoms with E-state index in [2.05, 4.69) is 48.1 Å². The first-order valence-electron chi connectivity index (χ1n) is 12.3. The maximum Gasteiger partial charge on any atom is 0.276 e. The predicted octanol–water partition coefficient (Wildman–Crippen LogP) is 4.96. The Morgan fingerprint density at radius 3 is 2.21 bits per heavy atom. The van der Waals surface area contributed by atoms with Crippen molar-refractivity contribution in [2.24, 2.45) is 5.92 Å². The summed E-state index contributed by atoms with van der Waals surface area (Å²) in [6, 6.07) is 21.6. The molecule has 9 nitrogen and oxygen atoms in total. The van der Waals surface area contributed by atoms with E-state index in [9.17, 15) is 13.2 Å². The molecule has 3 N–H and O–H groups in total. The number of carbonyl (C=O) groups excluding carboxylic acids is 1. The molecule has 4 aromatic rings. The molecule has 2 aromatic carbocycles. The van der Waals surface area contributed by atoms with Crippen LogP contribution in [0.4, 0.5) is 11.4 Å². The number of nitrogens with one attached hydrogen (secondary N) is 3. The number of rotatable bonds is 11. The molecule has 5 rings (SSSR count). The quantitative estimate of drug-likeness (QED) is 0.154. The van der Waals surface area contributed by atoms with Crippen LogP contribution in [0.5, 0.6) is 0 Å². The molecule has 0 atom stereocenters. The van der Waals surface area contributed by atoms with Crippen molar-refractivity contribution in [3.63, 3.8) is 0 Å². The minimum Gasteiger partial charge on any atom is -0.355 e. The Morgan fingerprint density at radius 1 is 0.949 bits per heavy atom. The van der Waals surface area contributed by atoms with Gasteiger partial charge in [-0.15, -0.1) is 0 Å². The molecule has 0 radical (unpaired) electrons. The van der Waals surface area contributed by atoms with Crippen molar-refractivity contribution in [2.45, 2.75) is 23.8 Å². The first-order valence-corrected chi connectivity index (χ1v) is 14.9. The normalized spacial score (nSPS) is 13.3. The lowest BCUT2D eigenvalue weighted by atomic mass is 10.1. The van der Waals surface area contributed by atoms with Crippen LogP contribution in [0.25, 0.3) is 0 Å². The van der Waals surface area contributed by atoms with Gasteiger partial charge in [-0.2, -0.15) is 4.72 Å². The molecule has 0 saturated heterocycles. The van der Waals surface area contributed by atoms with Crippen molar-refractivity contribution in [2.75, 3.05) is 11.9 Å². The van der Waals surface area contributed by atoms with Gasteiger partial charge in [-0.25, -0.2) is 13.9 Å². The maximum atomic E-state index is 13.7. The highest BCUT2D eigenvalue weighted by Crippen LogP contribution is 2.29. The minimum atomic E-state index is -4.07. The molecule has 1 aliphatic carbocycles. The standard InChI is InChI=1S/C28H26IN5O4S/c29-20-9-11-21(12-10-20)32-26-17-22(13-14-23(26)28(35)33-38-18-19-7-8-19)39(36,37)34-27(24-5-1-3-15-30-24)25-6-2-4-16-31-25/h1-6,9-17,19,27,32,34H,7-8,18H2,(H,33,35). The van der Waals surface area contributed by atoms with Gasteiger partial charge in [0.1, 0.15) is 6.04 Å². The highest BCUT2D eigenvalue weighted by atomic mass is 127. The second-order valence-electron chi connectivity index (χ2n) is 9.09. The number of pyridine rings is 2. The first-order chi connectivity index (χ1) is 18.9. The summed E-state index contributed by atoms with van der Waals surface area (Å²) in [7, 11) is -4.07. The van der Waals surface area contributed by atoms with Crippen LogP contribution in [0.2, 0.25) is 0 Å². The summed E-state index contributed by atoms with van der Waals surface area (Å²) < 4.78 is 31.1. The van der Waals surface area contributed by atoms with Crippen molar-refractivity contribution in [1.29, 1.82) is 0 Å². The molecule has 0 unspecified atom stereocenters. The van der Waals surface area contributed by atoms with E-state index < -0.39 is 22.0 Å². The Morgan fingerprint density at radius 2 is 1.62 bits per heavy atom. The average molecular weight is 656 g/mol. The smallest absolute Gasteiger partial charge is 0.276 e. The fourth-order valence-corrected chi connectivity index (χ4v) is 5.40. The van der Waals surface area contributed by atoms with Crippen LogP contribution in [0.15, 0.2) is 96.2 Å². The number of anilines is 2. The molecule has 1 amide bonds. The highest BCUT2D eigenvalue weighted by Gasteiger charge is 2.27. The second-order valence-corrected chi connectivity index (χ2v) is 12.0. The van der Waals surface area contributed by atoms with E-state index in [1.165, 1.54) is 18.2 Å². The van der Waals surface area contributed by atoms with Gasteiger partial charge in [-0.05, 0) is 108 Å². The van der Waals surface area contributed by atoms with E-state index >= 15 is 0 Å². The van der Waals surface area contributed by atoms with Crippen LogP contribution in [0.1, 0.15) is 40.6 Å². The summed E-state index contributed by atoms with van der Waals surface area (Å²) in [6.45, 7) is 0.449. The van der Waals surface area contributed by atoms with Crippen LogP contribution < -0.4 is 15.5 Å². The van der Waals surface area contributed by atoms with E-state index in [-0.39, 0.29) is 10.5 Å². The number of aromatic nitrogens is 2. The summed E-state index contributed by atoms with van der Waals surface area (Å²) in [5, 5.41) is 3.18. The second kappa shape index (κ2) is 12.2. The summed E-state index contributed by atoms with van der Waals surface area (Å²) in [4.78, 5) is 27.0. The first kappa shape index (κ1) is 27.2. The fraction of sp³-hybridized carbons (Fsp3) is 0.179. The Bertz CT molecular complexity index is 1490. The van der Waals surface area contributed by atoms with E-state index in [4.69, 9.17) is 4.84 Å². The largest absolute Gasteiger partial charge is 0.355 e. The Kier molecular flexibility index (Phi) is 8.50. The van der Waals surface area contributed by atoms with Gasteiger partial charge in [0, 0.05) is 21.7 Å². The van der Waals surface area contributed by atoms with Gasteiger partial charge >= 0.3 is 0 Å². The lowest BCUT2D eigenvalue weighted by Crippen LogP contribution is -2.31. The zero-order chi connectivity index (χ0) is 27.2. The average Bonchev–Trinajstić information content (AvgIpc) is 3.78. The van der Waals surface area contributed by atoms with Gasteiger partial charge in [0.05, 0.1) is 34.1 Å². The van der Waals surface area contributed by atoms with Crippen LogP contribution >= 0.6 is 22.6 Å². The molecule has 1 fully saturated rings. The van der Waals surface area contributed by atoms with Gasteiger partial charge < -0.3 is 5.32 Å². The maximum absolute atomic E-state index is 13.7. The molecular formula is C28H26IN5O4S. The predicted molar refractivity (Wildman–Crippen MR) is 156 cm³/mol. The van der Waals surface area contributed by atoms with Gasteiger partial charge in [0.2, 0.25) is 10.0 Å². The van der Waals surface area contributed by atoms with Crippen LogP contribution in [-0.2, 0) is 14.9 Å². The molecule has 1 saturated carbocycles. The number of amides is 1. The van der Waals surface area contributed by atoms with Crippen LogP contribution in [0.3, 0.4) is 0 Å². The van der Waals surface area contributed by atoms with Crippen molar-refractivity contribution in [3.05, 3.63) is 112 Å². The van der Waals surface area contributed by atoms with Gasteiger partial charge in [-0.3, -0.25) is 19.6 Å². The summed E-state index contributed by atoms with van der Waals surface area (Å²) >= 11 is 2.20. The molecule has 2 heterocycles.